The Hall–Kier alpha value is -1.09. The van der Waals surface area contributed by atoms with Gasteiger partial charge < -0.3 is 10.2 Å². The first kappa shape index (κ1) is 16.0. The highest BCUT2D eigenvalue weighted by Gasteiger charge is 2.06. The number of benzene rings is 1. The van der Waals surface area contributed by atoms with Crippen molar-refractivity contribution in [1.29, 1.82) is 0 Å². The molecule has 0 amide bonds. The monoisotopic (exact) mass is 266 g/mol. The molecule has 0 fully saturated rings. The fraction of sp³-hybridized carbons (Fsp3) is 0.625. The SMILES string of the molecule is CCCNC(C)CCCN(CC)c1cccc(F)c1. The molecule has 0 bridgehead atoms. The maximum Gasteiger partial charge on any atom is 0.125 e. The van der Waals surface area contributed by atoms with Crippen LogP contribution in [0.4, 0.5) is 10.1 Å². The maximum atomic E-state index is 13.2. The van der Waals surface area contributed by atoms with Gasteiger partial charge in [-0.15, -0.1) is 0 Å². The molecule has 1 aromatic rings. The van der Waals surface area contributed by atoms with Crippen molar-refractivity contribution in [3.8, 4) is 0 Å². The molecule has 1 atom stereocenters. The summed E-state index contributed by atoms with van der Waals surface area (Å²) < 4.78 is 13.2. The van der Waals surface area contributed by atoms with Gasteiger partial charge in [0.15, 0.2) is 0 Å². The topological polar surface area (TPSA) is 15.3 Å². The van der Waals surface area contributed by atoms with E-state index >= 15 is 0 Å². The van der Waals surface area contributed by atoms with Gasteiger partial charge in [-0.3, -0.25) is 0 Å². The minimum Gasteiger partial charge on any atom is -0.372 e. The summed E-state index contributed by atoms with van der Waals surface area (Å²) in [6, 6.07) is 7.42. The molecule has 1 N–H and O–H groups in total. The molecule has 0 aliphatic carbocycles. The zero-order chi connectivity index (χ0) is 14.1. The largest absolute Gasteiger partial charge is 0.372 e. The van der Waals surface area contributed by atoms with Crippen LogP contribution in [-0.2, 0) is 0 Å². The molecule has 1 unspecified atom stereocenters. The smallest absolute Gasteiger partial charge is 0.125 e. The Kier molecular flexibility index (Phi) is 7.49. The summed E-state index contributed by atoms with van der Waals surface area (Å²) in [5.41, 5.74) is 0.983. The summed E-state index contributed by atoms with van der Waals surface area (Å²) in [7, 11) is 0. The first-order chi connectivity index (χ1) is 9.17. The van der Waals surface area contributed by atoms with E-state index in [1.54, 1.807) is 12.1 Å². The highest BCUT2D eigenvalue weighted by atomic mass is 19.1. The van der Waals surface area contributed by atoms with E-state index < -0.39 is 0 Å². The first-order valence-electron chi connectivity index (χ1n) is 7.41. The number of hydrogen-bond donors (Lipinski definition) is 1. The van der Waals surface area contributed by atoms with E-state index in [0.717, 1.165) is 38.2 Å². The van der Waals surface area contributed by atoms with Gasteiger partial charge in [-0.2, -0.15) is 0 Å². The quantitative estimate of drug-likeness (QED) is 0.731. The Bertz CT molecular complexity index is 354. The van der Waals surface area contributed by atoms with Crippen LogP contribution in [0.25, 0.3) is 0 Å². The normalized spacial score (nSPS) is 12.4. The first-order valence-corrected chi connectivity index (χ1v) is 7.41. The number of hydrogen-bond acceptors (Lipinski definition) is 2. The van der Waals surface area contributed by atoms with Crippen molar-refractivity contribution >= 4 is 5.69 Å². The molecule has 0 spiro atoms. The van der Waals surface area contributed by atoms with Crippen molar-refractivity contribution in [2.24, 2.45) is 0 Å². The molecule has 0 aromatic heterocycles. The van der Waals surface area contributed by atoms with Crippen molar-refractivity contribution in [3.63, 3.8) is 0 Å². The van der Waals surface area contributed by atoms with Gasteiger partial charge in [0.1, 0.15) is 5.82 Å². The third-order valence-corrected chi connectivity index (χ3v) is 3.36. The van der Waals surface area contributed by atoms with E-state index in [4.69, 9.17) is 0 Å². The van der Waals surface area contributed by atoms with E-state index in [9.17, 15) is 4.39 Å². The minimum atomic E-state index is -0.158. The third kappa shape index (κ3) is 6.06. The lowest BCUT2D eigenvalue weighted by atomic mass is 10.1. The molecule has 0 radical (unpaired) electrons. The highest BCUT2D eigenvalue weighted by molar-refractivity contribution is 5.46. The van der Waals surface area contributed by atoms with Crippen molar-refractivity contribution in [3.05, 3.63) is 30.1 Å². The molecule has 0 heterocycles. The summed E-state index contributed by atoms with van der Waals surface area (Å²) in [6.07, 6.45) is 3.46. The van der Waals surface area contributed by atoms with Gasteiger partial charge in [0, 0.05) is 24.8 Å². The summed E-state index contributed by atoms with van der Waals surface area (Å²) in [4.78, 5) is 2.23. The molecule has 0 aliphatic heterocycles. The minimum absolute atomic E-state index is 0.158. The van der Waals surface area contributed by atoms with Gasteiger partial charge >= 0.3 is 0 Å². The Morgan fingerprint density at radius 1 is 1.32 bits per heavy atom. The van der Waals surface area contributed by atoms with E-state index in [1.807, 2.05) is 6.07 Å². The van der Waals surface area contributed by atoms with Gasteiger partial charge in [-0.1, -0.05) is 13.0 Å². The van der Waals surface area contributed by atoms with E-state index in [2.05, 4.69) is 31.0 Å². The van der Waals surface area contributed by atoms with E-state index in [0.29, 0.717) is 6.04 Å². The van der Waals surface area contributed by atoms with Crippen LogP contribution in [0.15, 0.2) is 24.3 Å². The molecule has 0 saturated heterocycles. The maximum absolute atomic E-state index is 13.2. The van der Waals surface area contributed by atoms with Crippen LogP contribution in [0, 0.1) is 5.82 Å². The molecule has 2 nitrogen and oxygen atoms in total. The molecule has 3 heteroatoms. The summed E-state index contributed by atoms with van der Waals surface area (Å²) in [6.45, 7) is 9.52. The van der Waals surface area contributed by atoms with Crippen molar-refractivity contribution < 1.29 is 4.39 Å². The Labute approximate surface area is 117 Å². The van der Waals surface area contributed by atoms with Gasteiger partial charge in [-0.05, 0) is 57.9 Å². The van der Waals surface area contributed by atoms with E-state index in [1.165, 1.54) is 12.5 Å². The van der Waals surface area contributed by atoms with Crippen LogP contribution in [0.5, 0.6) is 0 Å². The lowest BCUT2D eigenvalue weighted by molar-refractivity contribution is 0.497. The van der Waals surface area contributed by atoms with E-state index in [-0.39, 0.29) is 5.82 Å². The summed E-state index contributed by atoms with van der Waals surface area (Å²) in [5, 5.41) is 3.49. The highest BCUT2D eigenvalue weighted by Crippen LogP contribution is 2.16. The molecule has 108 valence electrons. The number of nitrogens with one attached hydrogen (secondary N) is 1. The zero-order valence-corrected chi connectivity index (χ0v) is 12.5. The fourth-order valence-electron chi connectivity index (χ4n) is 2.22. The lowest BCUT2D eigenvalue weighted by Gasteiger charge is -2.24. The second kappa shape index (κ2) is 8.92. The van der Waals surface area contributed by atoms with Crippen LogP contribution >= 0.6 is 0 Å². The summed E-state index contributed by atoms with van der Waals surface area (Å²) >= 11 is 0. The number of halogens is 1. The standard InChI is InChI=1S/C16H27FN2/c1-4-11-18-14(3)8-7-12-19(5-2)16-10-6-9-15(17)13-16/h6,9-10,13-14,18H,4-5,7-8,11-12H2,1-3H3. The average molecular weight is 266 g/mol. The van der Waals surface area contributed by atoms with Gasteiger partial charge in [0.25, 0.3) is 0 Å². The second-order valence-corrected chi connectivity index (χ2v) is 5.06. The van der Waals surface area contributed by atoms with Gasteiger partial charge in [0.2, 0.25) is 0 Å². The Morgan fingerprint density at radius 2 is 2.11 bits per heavy atom. The molecular formula is C16H27FN2. The third-order valence-electron chi connectivity index (χ3n) is 3.36. The second-order valence-electron chi connectivity index (χ2n) is 5.06. The summed E-state index contributed by atoms with van der Waals surface area (Å²) in [5.74, 6) is -0.158. The van der Waals surface area contributed by atoms with Crippen LogP contribution in [0.2, 0.25) is 0 Å². The molecule has 1 rings (SSSR count). The number of nitrogens with zero attached hydrogens (tertiary/aromatic N) is 1. The van der Waals surface area contributed by atoms with Crippen molar-refractivity contribution in [2.45, 2.75) is 46.1 Å². The van der Waals surface area contributed by atoms with Crippen LogP contribution in [0.1, 0.15) is 40.0 Å². The Balaban J connectivity index is 2.37. The van der Waals surface area contributed by atoms with Gasteiger partial charge in [-0.25, -0.2) is 4.39 Å². The molecule has 0 saturated carbocycles. The van der Waals surface area contributed by atoms with Crippen LogP contribution < -0.4 is 10.2 Å². The number of rotatable bonds is 9. The fourth-order valence-corrected chi connectivity index (χ4v) is 2.22. The Morgan fingerprint density at radius 3 is 2.74 bits per heavy atom. The molecule has 0 aliphatic rings. The molecular weight excluding hydrogens is 239 g/mol. The number of anilines is 1. The van der Waals surface area contributed by atoms with Crippen LogP contribution in [-0.4, -0.2) is 25.7 Å². The molecule has 1 aromatic carbocycles. The molecule has 19 heavy (non-hydrogen) atoms. The zero-order valence-electron chi connectivity index (χ0n) is 12.5. The van der Waals surface area contributed by atoms with Crippen LogP contribution in [0.3, 0.4) is 0 Å². The lowest BCUT2D eigenvalue weighted by Crippen LogP contribution is -2.29. The predicted octanol–water partition coefficient (Wildman–Crippen LogP) is 3.82. The predicted molar refractivity (Wildman–Crippen MR) is 81.3 cm³/mol. The average Bonchev–Trinajstić information content (AvgIpc) is 2.41. The van der Waals surface area contributed by atoms with Gasteiger partial charge in [0.05, 0.1) is 0 Å². The van der Waals surface area contributed by atoms with Crippen molar-refractivity contribution in [1.82, 2.24) is 5.32 Å². The van der Waals surface area contributed by atoms with Crippen molar-refractivity contribution in [2.75, 3.05) is 24.5 Å².